The Balaban J connectivity index is 1.48. The van der Waals surface area contributed by atoms with Crippen LogP contribution < -0.4 is 11.1 Å². The number of amides is 1. The van der Waals surface area contributed by atoms with Gasteiger partial charge in [-0.15, -0.1) is 10.2 Å². The summed E-state index contributed by atoms with van der Waals surface area (Å²) in [5.41, 5.74) is 6.16. The number of allylic oxidation sites excluding steroid dienone is 1. The van der Waals surface area contributed by atoms with Crippen LogP contribution in [0.1, 0.15) is 12.2 Å². The second kappa shape index (κ2) is 6.58. The summed E-state index contributed by atoms with van der Waals surface area (Å²) >= 11 is 0. The molecule has 0 aliphatic heterocycles. The van der Waals surface area contributed by atoms with Crippen LogP contribution in [0.5, 0.6) is 0 Å². The Hall–Kier alpha value is -1.73. The number of hydrogen-bond acceptors (Lipinski definition) is 5. The number of methoxy groups -OCH3 is 1. The van der Waals surface area contributed by atoms with Crippen molar-refractivity contribution in [2.45, 2.75) is 25.4 Å². The average Bonchev–Trinajstić information content (AvgIpc) is 3.20. The van der Waals surface area contributed by atoms with E-state index >= 15 is 0 Å². The molecule has 2 aliphatic rings. The lowest BCUT2D eigenvalue weighted by Gasteiger charge is -2.23. The number of hydrogen-bond donors (Lipinski definition) is 2. The molecule has 1 fully saturated rings. The molecule has 0 saturated heterocycles. The van der Waals surface area contributed by atoms with Crippen molar-refractivity contribution in [3.63, 3.8) is 0 Å². The molecular weight excluding hydrogens is 282 g/mol. The van der Waals surface area contributed by atoms with Crippen LogP contribution in [-0.4, -0.2) is 47.0 Å². The summed E-state index contributed by atoms with van der Waals surface area (Å²) < 4.78 is 7.00. The van der Waals surface area contributed by atoms with E-state index < -0.39 is 0 Å². The molecule has 1 heterocycles. The Bertz CT molecular complexity index is 556. The van der Waals surface area contributed by atoms with Gasteiger partial charge in [0.1, 0.15) is 12.2 Å². The van der Waals surface area contributed by atoms with Gasteiger partial charge in [-0.2, -0.15) is 0 Å². The van der Waals surface area contributed by atoms with Crippen LogP contribution in [0.2, 0.25) is 0 Å². The molecule has 0 spiro atoms. The van der Waals surface area contributed by atoms with E-state index in [2.05, 4.69) is 27.7 Å². The number of carbonyl (C=O) groups is 1. The van der Waals surface area contributed by atoms with E-state index in [1.165, 1.54) is 0 Å². The summed E-state index contributed by atoms with van der Waals surface area (Å²) in [4.78, 5) is 12.3. The van der Waals surface area contributed by atoms with E-state index in [4.69, 9.17) is 10.5 Å². The third-order valence-electron chi connectivity index (χ3n) is 4.70. The summed E-state index contributed by atoms with van der Waals surface area (Å²) in [5, 5.41) is 11.0. The molecule has 2 aliphatic carbocycles. The zero-order chi connectivity index (χ0) is 15.5. The third-order valence-corrected chi connectivity index (χ3v) is 4.70. The maximum absolute atomic E-state index is 12.3. The van der Waals surface area contributed by atoms with Gasteiger partial charge in [-0.05, 0) is 18.3 Å². The van der Waals surface area contributed by atoms with Crippen LogP contribution in [-0.2, 0) is 22.5 Å². The molecule has 1 aromatic rings. The fourth-order valence-electron chi connectivity index (χ4n) is 3.49. The van der Waals surface area contributed by atoms with Gasteiger partial charge in [-0.1, -0.05) is 12.2 Å². The predicted molar refractivity (Wildman–Crippen MR) is 80.8 cm³/mol. The van der Waals surface area contributed by atoms with Crippen molar-refractivity contribution in [1.82, 2.24) is 20.1 Å². The minimum absolute atomic E-state index is 0.0413. The molecule has 0 unspecified atom stereocenters. The minimum Gasteiger partial charge on any atom is -0.383 e. The van der Waals surface area contributed by atoms with Crippen molar-refractivity contribution in [3.05, 3.63) is 24.3 Å². The smallest absolute Gasteiger partial charge is 0.225 e. The van der Waals surface area contributed by atoms with Crippen LogP contribution in [0, 0.1) is 17.8 Å². The standard InChI is InChI=1S/C15H23N5O2/c1-22-7-6-20-9-18-19-12(20)4-5-17-15(21)13-10-2-3-11(8-10)14(13)16/h2-3,9-11,13-14H,4-8,16H2,1H3,(H,17,21)/t10-,11+,13-,14+/m1/s1. The highest BCUT2D eigenvalue weighted by molar-refractivity contribution is 5.80. The van der Waals surface area contributed by atoms with Crippen molar-refractivity contribution in [2.75, 3.05) is 20.3 Å². The molecule has 3 N–H and O–H groups in total. The van der Waals surface area contributed by atoms with Crippen LogP contribution in [0.15, 0.2) is 18.5 Å². The first-order valence-corrected chi connectivity index (χ1v) is 7.78. The van der Waals surface area contributed by atoms with Crippen LogP contribution in [0.4, 0.5) is 0 Å². The van der Waals surface area contributed by atoms with Gasteiger partial charge in [-0.25, -0.2) is 0 Å². The number of nitrogens with zero attached hydrogens (tertiary/aromatic N) is 3. The predicted octanol–water partition coefficient (Wildman–Crippen LogP) is -0.267. The van der Waals surface area contributed by atoms with Crippen molar-refractivity contribution >= 4 is 5.91 Å². The molecule has 120 valence electrons. The Morgan fingerprint density at radius 2 is 2.32 bits per heavy atom. The minimum atomic E-state index is -0.0821. The molecule has 1 saturated carbocycles. The number of nitrogens with one attached hydrogen (secondary N) is 1. The van der Waals surface area contributed by atoms with Crippen molar-refractivity contribution in [2.24, 2.45) is 23.5 Å². The number of carbonyl (C=O) groups excluding carboxylic acids is 1. The summed E-state index contributed by atoms with van der Waals surface area (Å²) in [6.07, 6.45) is 7.65. The van der Waals surface area contributed by atoms with E-state index in [0.717, 1.165) is 18.8 Å². The maximum atomic E-state index is 12.3. The quantitative estimate of drug-likeness (QED) is 0.676. The molecule has 0 radical (unpaired) electrons. The average molecular weight is 305 g/mol. The number of rotatable bonds is 7. The largest absolute Gasteiger partial charge is 0.383 e. The lowest BCUT2D eigenvalue weighted by atomic mass is 9.89. The van der Waals surface area contributed by atoms with Gasteiger partial charge in [-0.3, -0.25) is 4.79 Å². The Kier molecular flexibility index (Phi) is 4.54. The highest BCUT2D eigenvalue weighted by atomic mass is 16.5. The van der Waals surface area contributed by atoms with Gasteiger partial charge in [0.05, 0.1) is 12.5 Å². The van der Waals surface area contributed by atoms with Crippen molar-refractivity contribution < 1.29 is 9.53 Å². The Morgan fingerprint density at radius 3 is 3.05 bits per heavy atom. The van der Waals surface area contributed by atoms with E-state index in [9.17, 15) is 4.79 Å². The van der Waals surface area contributed by atoms with Crippen molar-refractivity contribution in [1.29, 1.82) is 0 Å². The van der Waals surface area contributed by atoms with Gasteiger partial charge in [0, 0.05) is 32.7 Å². The summed E-state index contributed by atoms with van der Waals surface area (Å²) in [6, 6.07) is -0.0413. The van der Waals surface area contributed by atoms with Crippen LogP contribution >= 0.6 is 0 Å². The topological polar surface area (TPSA) is 95.1 Å². The number of nitrogens with two attached hydrogens (primary N) is 1. The lowest BCUT2D eigenvalue weighted by Crippen LogP contribution is -2.44. The molecule has 7 nitrogen and oxygen atoms in total. The molecule has 3 rings (SSSR count). The van der Waals surface area contributed by atoms with Crippen molar-refractivity contribution in [3.8, 4) is 0 Å². The first-order chi connectivity index (χ1) is 10.7. The fourth-order valence-corrected chi connectivity index (χ4v) is 3.49. The van der Waals surface area contributed by atoms with Crippen LogP contribution in [0.25, 0.3) is 0 Å². The highest BCUT2D eigenvalue weighted by Crippen LogP contribution is 2.42. The van der Waals surface area contributed by atoms with Crippen LogP contribution in [0.3, 0.4) is 0 Å². The zero-order valence-corrected chi connectivity index (χ0v) is 12.8. The van der Waals surface area contributed by atoms with Gasteiger partial charge in [0.25, 0.3) is 0 Å². The van der Waals surface area contributed by atoms with E-state index in [1.807, 2.05) is 4.57 Å². The molecule has 1 amide bonds. The van der Waals surface area contributed by atoms with E-state index in [1.54, 1.807) is 13.4 Å². The van der Waals surface area contributed by atoms with Gasteiger partial charge < -0.3 is 20.4 Å². The summed E-state index contributed by atoms with van der Waals surface area (Å²) in [5.74, 6) is 1.52. The number of aromatic nitrogens is 3. The summed E-state index contributed by atoms with van der Waals surface area (Å²) in [6.45, 7) is 1.88. The van der Waals surface area contributed by atoms with Gasteiger partial charge in [0.2, 0.25) is 5.91 Å². The number of ether oxygens (including phenoxy) is 1. The molecule has 22 heavy (non-hydrogen) atoms. The molecule has 7 heteroatoms. The summed E-state index contributed by atoms with van der Waals surface area (Å²) in [7, 11) is 1.66. The molecule has 1 aromatic heterocycles. The Labute approximate surface area is 129 Å². The maximum Gasteiger partial charge on any atom is 0.225 e. The first kappa shape index (κ1) is 15.2. The van der Waals surface area contributed by atoms with Gasteiger partial charge in [0.15, 0.2) is 0 Å². The van der Waals surface area contributed by atoms with E-state index in [-0.39, 0.29) is 17.9 Å². The zero-order valence-electron chi connectivity index (χ0n) is 12.8. The highest BCUT2D eigenvalue weighted by Gasteiger charge is 2.46. The Morgan fingerprint density at radius 1 is 1.50 bits per heavy atom. The monoisotopic (exact) mass is 305 g/mol. The molecular formula is C15H23N5O2. The second-order valence-electron chi connectivity index (χ2n) is 6.03. The second-order valence-corrected chi connectivity index (χ2v) is 6.03. The molecule has 4 atom stereocenters. The fraction of sp³-hybridized carbons (Fsp3) is 0.667. The van der Waals surface area contributed by atoms with Gasteiger partial charge >= 0.3 is 0 Å². The first-order valence-electron chi connectivity index (χ1n) is 7.78. The van der Waals surface area contributed by atoms with E-state index in [0.29, 0.717) is 31.4 Å². The molecule has 0 aromatic carbocycles. The normalized spacial score (nSPS) is 29.2. The third kappa shape index (κ3) is 2.91. The SMILES string of the molecule is COCCn1cnnc1CCNC(=O)[C@H]1[C@@H](N)[C@H]2C=C[C@@H]1C2. The molecule has 2 bridgehead atoms. The lowest BCUT2D eigenvalue weighted by molar-refractivity contribution is -0.126. The number of fused-ring (bicyclic) bond motifs is 2.